The van der Waals surface area contributed by atoms with Crippen molar-refractivity contribution in [2.45, 2.75) is 0 Å². The molecule has 0 aromatic rings. The maximum Gasteiger partial charge on any atom is 0.243 e. The first-order valence-electron chi connectivity index (χ1n) is 2.07. The summed E-state index contributed by atoms with van der Waals surface area (Å²) in [4.78, 5) is 10.3. The third-order valence-corrected chi connectivity index (χ3v) is 1.33. The Bertz CT molecular complexity index is 195. The van der Waals surface area contributed by atoms with Gasteiger partial charge < -0.3 is 0 Å². The fourth-order valence-corrected chi connectivity index (χ4v) is 0.911. The van der Waals surface area contributed by atoms with Crippen LogP contribution >= 0.6 is 12.6 Å². The third-order valence-electron chi connectivity index (χ3n) is 0.443. The van der Waals surface area contributed by atoms with E-state index in [1.165, 1.54) is 0 Å². The van der Waals surface area contributed by atoms with Crippen molar-refractivity contribution in [3.8, 4) is 0 Å². The summed E-state index contributed by atoms with van der Waals surface area (Å²) >= 11 is 3.55. The van der Waals surface area contributed by atoms with Crippen molar-refractivity contribution in [2.75, 3.05) is 12.0 Å². The molecule has 0 atom stereocenters. The molecule has 9 heavy (non-hydrogen) atoms. The molecule has 0 rings (SSSR count). The van der Waals surface area contributed by atoms with Crippen molar-refractivity contribution in [1.82, 2.24) is 4.72 Å². The van der Waals surface area contributed by atoms with Crippen LogP contribution < -0.4 is 4.72 Å². The zero-order valence-electron chi connectivity index (χ0n) is 4.79. The molecule has 1 amide bonds. The van der Waals surface area contributed by atoms with Gasteiger partial charge in [-0.3, -0.25) is 9.52 Å². The molecule has 0 saturated carbocycles. The largest absolute Gasteiger partial charge is 0.273 e. The van der Waals surface area contributed by atoms with Gasteiger partial charge in [-0.05, 0) is 0 Å². The fourth-order valence-electron chi connectivity index (χ4n) is 0.239. The number of carbonyl (C=O) groups excluding carboxylic acids is 1. The molecule has 0 unspecified atom stereocenters. The Hall–Kier alpha value is -0.230. The highest BCUT2D eigenvalue weighted by Crippen LogP contribution is 1.77. The third kappa shape index (κ3) is 5.64. The van der Waals surface area contributed by atoms with Gasteiger partial charge in [-0.15, -0.1) is 0 Å². The lowest BCUT2D eigenvalue weighted by Gasteiger charge is -1.96. The molecule has 0 fully saturated rings. The quantitative estimate of drug-likeness (QED) is 0.521. The minimum absolute atomic E-state index is 0.118. The second-order valence-corrected chi connectivity index (χ2v) is 3.52. The lowest BCUT2D eigenvalue weighted by atomic mass is 10.8. The number of hydrogen-bond acceptors (Lipinski definition) is 4. The van der Waals surface area contributed by atoms with Crippen molar-refractivity contribution >= 4 is 28.6 Å². The maximum absolute atomic E-state index is 10.3. The molecule has 0 aliphatic carbocycles. The number of sulfonamides is 1. The van der Waals surface area contributed by atoms with Crippen molar-refractivity contribution in [3.63, 3.8) is 0 Å². The summed E-state index contributed by atoms with van der Waals surface area (Å²) in [5, 5.41) is 0. The predicted molar refractivity (Wildman–Crippen MR) is 36.8 cm³/mol. The first-order chi connectivity index (χ1) is 3.95. The molecule has 0 aromatic heterocycles. The molecule has 0 saturated heterocycles. The standard InChI is InChI=1S/C3H7NO3S2/c1-9(6,7)4-3(5)2-8/h8H,2H2,1H3,(H,4,5). The van der Waals surface area contributed by atoms with E-state index >= 15 is 0 Å². The smallest absolute Gasteiger partial charge is 0.243 e. The molecule has 0 spiro atoms. The van der Waals surface area contributed by atoms with Gasteiger partial charge in [0.2, 0.25) is 15.9 Å². The number of carbonyl (C=O) groups is 1. The van der Waals surface area contributed by atoms with E-state index in [-0.39, 0.29) is 5.75 Å². The summed E-state index contributed by atoms with van der Waals surface area (Å²) < 4.78 is 22.2. The van der Waals surface area contributed by atoms with Crippen molar-refractivity contribution in [3.05, 3.63) is 0 Å². The molecular formula is C3H7NO3S2. The first kappa shape index (κ1) is 8.77. The SMILES string of the molecule is CS(=O)(=O)NC(=O)CS. The second-order valence-electron chi connectivity index (χ2n) is 1.46. The van der Waals surface area contributed by atoms with Gasteiger partial charge in [-0.25, -0.2) is 8.42 Å². The van der Waals surface area contributed by atoms with E-state index in [0.29, 0.717) is 0 Å². The maximum atomic E-state index is 10.3. The van der Waals surface area contributed by atoms with Gasteiger partial charge in [-0.1, -0.05) is 0 Å². The minimum atomic E-state index is -3.38. The molecular weight excluding hydrogens is 162 g/mol. The van der Waals surface area contributed by atoms with Crippen LogP contribution in [-0.4, -0.2) is 26.3 Å². The molecule has 1 N–H and O–H groups in total. The number of rotatable bonds is 2. The highest BCUT2D eigenvalue weighted by Gasteiger charge is 2.04. The van der Waals surface area contributed by atoms with Crippen LogP contribution in [0.25, 0.3) is 0 Å². The molecule has 0 aliphatic rings. The van der Waals surface area contributed by atoms with Crippen molar-refractivity contribution in [1.29, 1.82) is 0 Å². The van der Waals surface area contributed by atoms with Crippen LogP contribution in [0.3, 0.4) is 0 Å². The van der Waals surface area contributed by atoms with Crippen LogP contribution in [0.5, 0.6) is 0 Å². The molecule has 0 bridgehead atoms. The minimum Gasteiger partial charge on any atom is -0.273 e. The zero-order chi connectivity index (χ0) is 7.49. The van der Waals surface area contributed by atoms with E-state index < -0.39 is 15.9 Å². The summed E-state index contributed by atoms with van der Waals surface area (Å²) in [7, 11) is -3.38. The molecule has 0 heterocycles. The van der Waals surface area contributed by atoms with Gasteiger partial charge >= 0.3 is 0 Å². The predicted octanol–water partition coefficient (Wildman–Crippen LogP) is -1.01. The Morgan fingerprint density at radius 2 is 2.11 bits per heavy atom. The average molecular weight is 169 g/mol. The average Bonchev–Trinajstić information content (AvgIpc) is 1.62. The van der Waals surface area contributed by atoms with Gasteiger partial charge in [0.05, 0.1) is 12.0 Å². The number of nitrogens with one attached hydrogen (secondary N) is 1. The van der Waals surface area contributed by atoms with E-state index in [0.717, 1.165) is 6.26 Å². The van der Waals surface area contributed by atoms with Crippen LogP contribution in [-0.2, 0) is 14.8 Å². The Morgan fingerprint density at radius 1 is 1.67 bits per heavy atom. The Labute approximate surface area is 59.1 Å². The second kappa shape index (κ2) is 3.07. The first-order valence-corrected chi connectivity index (χ1v) is 4.59. The highest BCUT2D eigenvalue weighted by molar-refractivity contribution is 7.89. The van der Waals surface area contributed by atoms with E-state index in [9.17, 15) is 13.2 Å². The molecule has 0 aromatic carbocycles. The van der Waals surface area contributed by atoms with Gasteiger partial charge in [0.25, 0.3) is 0 Å². The molecule has 0 aliphatic heterocycles. The monoisotopic (exact) mass is 169 g/mol. The van der Waals surface area contributed by atoms with Gasteiger partial charge in [0, 0.05) is 0 Å². The molecule has 0 radical (unpaired) electrons. The fraction of sp³-hybridized carbons (Fsp3) is 0.667. The van der Waals surface area contributed by atoms with Gasteiger partial charge in [0.15, 0.2) is 0 Å². The Balaban J connectivity index is 3.91. The van der Waals surface area contributed by atoms with Crippen LogP contribution in [0, 0.1) is 0 Å². The van der Waals surface area contributed by atoms with Crippen LogP contribution in [0.4, 0.5) is 0 Å². The normalized spacial score (nSPS) is 10.9. The van der Waals surface area contributed by atoms with Crippen LogP contribution in [0.2, 0.25) is 0 Å². The molecule has 6 heteroatoms. The van der Waals surface area contributed by atoms with E-state index in [2.05, 4.69) is 12.6 Å². The lowest BCUT2D eigenvalue weighted by molar-refractivity contribution is -0.116. The molecule has 4 nitrogen and oxygen atoms in total. The van der Waals surface area contributed by atoms with Gasteiger partial charge in [-0.2, -0.15) is 12.6 Å². The van der Waals surface area contributed by atoms with E-state index in [4.69, 9.17) is 0 Å². The van der Waals surface area contributed by atoms with Gasteiger partial charge in [0.1, 0.15) is 0 Å². The van der Waals surface area contributed by atoms with E-state index in [1.807, 2.05) is 0 Å². The number of hydrogen-bond donors (Lipinski definition) is 2. The summed E-state index contributed by atoms with van der Waals surface area (Å²) in [6.07, 6.45) is 0.911. The summed E-state index contributed by atoms with van der Waals surface area (Å²) in [5.41, 5.74) is 0. The summed E-state index contributed by atoms with van der Waals surface area (Å²) in [6.45, 7) is 0. The summed E-state index contributed by atoms with van der Waals surface area (Å²) in [5.74, 6) is -0.728. The lowest BCUT2D eigenvalue weighted by Crippen LogP contribution is -2.30. The molecule has 54 valence electrons. The van der Waals surface area contributed by atoms with E-state index in [1.54, 1.807) is 4.72 Å². The topological polar surface area (TPSA) is 63.2 Å². The zero-order valence-corrected chi connectivity index (χ0v) is 6.50. The Morgan fingerprint density at radius 3 is 2.22 bits per heavy atom. The van der Waals surface area contributed by atoms with Crippen LogP contribution in [0.15, 0.2) is 0 Å². The van der Waals surface area contributed by atoms with Crippen molar-refractivity contribution in [2.24, 2.45) is 0 Å². The van der Waals surface area contributed by atoms with Crippen LogP contribution in [0.1, 0.15) is 0 Å². The Kier molecular flexibility index (Phi) is 2.99. The highest BCUT2D eigenvalue weighted by atomic mass is 32.2. The summed E-state index contributed by atoms with van der Waals surface area (Å²) in [6, 6.07) is 0. The number of thiol groups is 1. The number of amides is 1. The van der Waals surface area contributed by atoms with Crippen molar-refractivity contribution < 1.29 is 13.2 Å².